The lowest BCUT2D eigenvalue weighted by Crippen LogP contribution is -2.33. The van der Waals surface area contributed by atoms with Crippen molar-refractivity contribution in [2.45, 2.75) is 33.4 Å². The minimum Gasteiger partial charge on any atom is -0.392 e. The molecule has 0 bridgehead atoms. The van der Waals surface area contributed by atoms with E-state index in [0.717, 1.165) is 11.4 Å². The summed E-state index contributed by atoms with van der Waals surface area (Å²) in [5, 5.41) is 15.8. The third kappa shape index (κ3) is 3.71. The Morgan fingerprint density at radius 3 is 2.80 bits per heavy atom. The van der Waals surface area contributed by atoms with Crippen LogP contribution >= 0.6 is 0 Å². The first-order valence-corrected chi connectivity index (χ1v) is 4.95. The minimum absolute atomic E-state index is 0.137. The highest BCUT2D eigenvalue weighted by Crippen LogP contribution is 2.00. The summed E-state index contributed by atoms with van der Waals surface area (Å²) in [5.41, 5.74) is 1.86. The van der Waals surface area contributed by atoms with E-state index in [2.05, 4.69) is 10.4 Å². The molecule has 0 saturated heterocycles. The summed E-state index contributed by atoms with van der Waals surface area (Å²) >= 11 is 0. The van der Waals surface area contributed by atoms with E-state index in [1.54, 1.807) is 11.6 Å². The van der Waals surface area contributed by atoms with Gasteiger partial charge >= 0.3 is 0 Å². The van der Waals surface area contributed by atoms with Crippen LogP contribution in [0, 0.1) is 13.8 Å². The van der Waals surface area contributed by atoms with Gasteiger partial charge in [-0.1, -0.05) is 0 Å². The van der Waals surface area contributed by atoms with Gasteiger partial charge in [-0.2, -0.15) is 5.10 Å². The number of nitrogens with one attached hydrogen (secondary N) is 1. The van der Waals surface area contributed by atoms with E-state index in [9.17, 15) is 4.79 Å². The minimum atomic E-state index is -0.519. The highest BCUT2D eigenvalue weighted by atomic mass is 16.3. The lowest BCUT2D eigenvalue weighted by atomic mass is 10.4. The number of hydrogen-bond acceptors (Lipinski definition) is 3. The van der Waals surface area contributed by atoms with Crippen molar-refractivity contribution >= 4 is 5.91 Å². The quantitative estimate of drug-likeness (QED) is 0.736. The van der Waals surface area contributed by atoms with Crippen molar-refractivity contribution in [3.63, 3.8) is 0 Å². The summed E-state index contributed by atoms with van der Waals surface area (Å²) in [4.78, 5) is 11.4. The molecular weight excluding hydrogens is 194 g/mol. The summed E-state index contributed by atoms with van der Waals surface area (Å²) in [5.74, 6) is -0.137. The zero-order valence-corrected chi connectivity index (χ0v) is 9.32. The van der Waals surface area contributed by atoms with Crippen molar-refractivity contribution < 1.29 is 9.90 Å². The van der Waals surface area contributed by atoms with Gasteiger partial charge in [0.2, 0.25) is 5.91 Å². The molecule has 0 radical (unpaired) electrons. The van der Waals surface area contributed by atoms with Crippen LogP contribution in [-0.2, 0) is 11.3 Å². The summed E-state index contributed by atoms with van der Waals surface area (Å²) in [7, 11) is 0. The van der Waals surface area contributed by atoms with Crippen molar-refractivity contribution in [1.82, 2.24) is 15.1 Å². The van der Waals surface area contributed by atoms with E-state index in [1.807, 2.05) is 19.9 Å². The molecule has 1 amide bonds. The summed E-state index contributed by atoms with van der Waals surface area (Å²) in [6, 6.07) is 1.92. The van der Waals surface area contributed by atoms with Crippen molar-refractivity contribution in [3.8, 4) is 0 Å². The average Bonchev–Trinajstić information content (AvgIpc) is 2.42. The molecule has 1 rings (SSSR count). The molecule has 5 heteroatoms. The van der Waals surface area contributed by atoms with E-state index >= 15 is 0 Å². The van der Waals surface area contributed by atoms with Crippen LogP contribution < -0.4 is 5.32 Å². The van der Waals surface area contributed by atoms with E-state index in [-0.39, 0.29) is 19.0 Å². The third-order valence-electron chi connectivity index (χ3n) is 1.99. The Labute approximate surface area is 89.1 Å². The van der Waals surface area contributed by atoms with Crippen molar-refractivity contribution in [1.29, 1.82) is 0 Å². The maximum atomic E-state index is 11.4. The van der Waals surface area contributed by atoms with Crippen LogP contribution in [0.25, 0.3) is 0 Å². The van der Waals surface area contributed by atoms with Crippen LogP contribution in [0.15, 0.2) is 6.07 Å². The van der Waals surface area contributed by atoms with E-state index in [0.29, 0.717) is 0 Å². The SMILES string of the molecule is Cc1cc(C)n(CC(=O)NCC(C)O)n1. The molecule has 0 fully saturated rings. The van der Waals surface area contributed by atoms with Crippen LogP contribution in [0.1, 0.15) is 18.3 Å². The molecule has 15 heavy (non-hydrogen) atoms. The van der Waals surface area contributed by atoms with Gasteiger partial charge in [0.15, 0.2) is 0 Å². The highest BCUT2D eigenvalue weighted by molar-refractivity contribution is 5.75. The molecule has 1 atom stereocenters. The molecule has 0 spiro atoms. The zero-order valence-electron chi connectivity index (χ0n) is 9.32. The number of hydrogen-bond donors (Lipinski definition) is 2. The second-order valence-electron chi connectivity index (χ2n) is 3.74. The Kier molecular flexibility index (Phi) is 3.85. The number of nitrogens with zero attached hydrogens (tertiary/aromatic N) is 2. The number of carbonyl (C=O) groups excluding carboxylic acids is 1. The predicted molar refractivity (Wildman–Crippen MR) is 56.4 cm³/mol. The number of carbonyl (C=O) groups is 1. The molecule has 5 nitrogen and oxygen atoms in total. The summed E-state index contributed by atoms with van der Waals surface area (Å²) in [6.45, 7) is 5.90. The van der Waals surface area contributed by atoms with Gasteiger partial charge in [-0.05, 0) is 26.8 Å². The van der Waals surface area contributed by atoms with Crippen LogP contribution in [0.4, 0.5) is 0 Å². The van der Waals surface area contributed by atoms with Crippen molar-refractivity contribution in [3.05, 3.63) is 17.5 Å². The molecule has 0 aromatic carbocycles. The first kappa shape index (κ1) is 11.7. The third-order valence-corrected chi connectivity index (χ3v) is 1.99. The van der Waals surface area contributed by atoms with Gasteiger partial charge in [0.05, 0.1) is 11.8 Å². The maximum absolute atomic E-state index is 11.4. The molecule has 1 aromatic heterocycles. The average molecular weight is 211 g/mol. The van der Waals surface area contributed by atoms with Crippen molar-refractivity contribution in [2.75, 3.05) is 6.54 Å². The first-order valence-electron chi connectivity index (χ1n) is 4.95. The summed E-state index contributed by atoms with van der Waals surface area (Å²) < 4.78 is 1.65. The highest BCUT2D eigenvalue weighted by Gasteiger charge is 2.07. The summed E-state index contributed by atoms with van der Waals surface area (Å²) in [6.07, 6.45) is -0.519. The Hall–Kier alpha value is -1.36. The molecule has 0 aliphatic carbocycles. The van der Waals surface area contributed by atoms with E-state index < -0.39 is 6.10 Å². The Morgan fingerprint density at radius 2 is 2.33 bits per heavy atom. The molecule has 0 aliphatic rings. The van der Waals surface area contributed by atoms with E-state index in [1.165, 1.54) is 0 Å². The van der Waals surface area contributed by atoms with Crippen LogP contribution in [0.5, 0.6) is 0 Å². The van der Waals surface area contributed by atoms with Gasteiger partial charge in [-0.25, -0.2) is 0 Å². The number of aromatic nitrogens is 2. The molecule has 1 unspecified atom stereocenters. The lowest BCUT2D eigenvalue weighted by Gasteiger charge is -2.07. The van der Waals surface area contributed by atoms with Gasteiger partial charge in [0, 0.05) is 12.2 Å². The standard InChI is InChI=1S/C10H17N3O2/c1-7-4-8(2)13(12-7)6-10(15)11-5-9(3)14/h4,9,14H,5-6H2,1-3H3,(H,11,15). The number of rotatable bonds is 4. The normalized spacial score (nSPS) is 12.5. The maximum Gasteiger partial charge on any atom is 0.241 e. The molecule has 1 aromatic rings. The van der Waals surface area contributed by atoms with Gasteiger partial charge < -0.3 is 10.4 Å². The second-order valence-corrected chi connectivity index (χ2v) is 3.74. The monoisotopic (exact) mass is 211 g/mol. The fourth-order valence-electron chi connectivity index (χ4n) is 1.29. The fraction of sp³-hybridized carbons (Fsp3) is 0.600. The Balaban J connectivity index is 2.48. The molecular formula is C10H17N3O2. The molecule has 1 heterocycles. The molecule has 2 N–H and O–H groups in total. The van der Waals surface area contributed by atoms with Gasteiger partial charge in [-0.15, -0.1) is 0 Å². The van der Waals surface area contributed by atoms with Crippen molar-refractivity contribution in [2.24, 2.45) is 0 Å². The topological polar surface area (TPSA) is 67.2 Å². The van der Waals surface area contributed by atoms with E-state index in [4.69, 9.17) is 5.11 Å². The Bertz CT molecular complexity index is 344. The lowest BCUT2D eigenvalue weighted by molar-refractivity contribution is -0.122. The number of amides is 1. The van der Waals surface area contributed by atoms with Crippen LogP contribution in [0.3, 0.4) is 0 Å². The van der Waals surface area contributed by atoms with Crippen LogP contribution in [-0.4, -0.2) is 33.4 Å². The smallest absolute Gasteiger partial charge is 0.241 e. The van der Waals surface area contributed by atoms with Gasteiger partial charge in [-0.3, -0.25) is 9.48 Å². The largest absolute Gasteiger partial charge is 0.392 e. The molecule has 0 saturated carbocycles. The fourth-order valence-corrected chi connectivity index (χ4v) is 1.29. The second kappa shape index (κ2) is 4.93. The molecule has 84 valence electrons. The van der Waals surface area contributed by atoms with Gasteiger partial charge in [0.1, 0.15) is 6.54 Å². The number of aryl methyl sites for hydroxylation is 2. The Morgan fingerprint density at radius 1 is 1.67 bits per heavy atom. The van der Waals surface area contributed by atoms with Gasteiger partial charge in [0.25, 0.3) is 0 Å². The first-order chi connectivity index (χ1) is 6.99. The number of aliphatic hydroxyl groups is 1. The predicted octanol–water partition coefficient (Wildman–Crippen LogP) is -0.00306. The molecule has 0 aliphatic heterocycles. The van der Waals surface area contributed by atoms with Crippen LogP contribution in [0.2, 0.25) is 0 Å². The zero-order chi connectivity index (χ0) is 11.4. The number of aliphatic hydroxyl groups excluding tert-OH is 1.